The molecule has 0 bridgehead atoms. The van der Waals surface area contributed by atoms with Gasteiger partial charge in [-0.2, -0.15) is 0 Å². The molecule has 1 aliphatic heterocycles. The van der Waals surface area contributed by atoms with Crippen LogP contribution in [-0.4, -0.2) is 45.3 Å². The van der Waals surface area contributed by atoms with Crippen molar-refractivity contribution < 1.29 is 19.4 Å². The van der Waals surface area contributed by atoms with E-state index in [1.807, 2.05) is 4.98 Å². The van der Waals surface area contributed by atoms with Crippen molar-refractivity contribution >= 4 is 11.9 Å². The summed E-state index contributed by atoms with van der Waals surface area (Å²) in [4.78, 5) is 47.3. The molecule has 0 radical (unpaired) electrons. The third-order valence-corrected chi connectivity index (χ3v) is 3.02. The molecule has 3 N–H and O–H groups in total. The number of aromatic amines is 1. The lowest BCUT2D eigenvalue weighted by Gasteiger charge is -2.23. The summed E-state index contributed by atoms with van der Waals surface area (Å²) in [6.07, 6.45) is 1.33. The van der Waals surface area contributed by atoms with E-state index < -0.39 is 28.7 Å². The first-order valence-electron chi connectivity index (χ1n) is 5.85. The number of carbonyl (C=O) groups excluding carboxylic acids is 1. The van der Waals surface area contributed by atoms with Crippen LogP contribution in [0.2, 0.25) is 0 Å². The number of amides is 1. The van der Waals surface area contributed by atoms with Crippen molar-refractivity contribution in [1.82, 2.24) is 14.9 Å². The van der Waals surface area contributed by atoms with Gasteiger partial charge in [0.2, 0.25) is 5.91 Å². The normalized spacial score (nSPS) is 21.6. The van der Waals surface area contributed by atoms with Gasteiger partial charge in [0.25, 0.3) is 5.56 Å². The fraction of sp³-hybridized carbons (Fsp3) is 0.455. The minimum atomic E-state index is -1.46. The molecule has 108 valence electrons. The third-order valence-electron chi connectivity index (χ3n) is 3.02. The molecule has 9 heteroatoms. The Kier molecular flexibility index (Phi) is 3.70. The highest BCUT2D eigenvalue weighted by Crippen LogP contribution is 2.18. The molecule has 2 rings (SSSR count). The van der Waals surface area contributed by atoms with Crippen molar-refractivity contribution in [1.29, 1.82) is 0 Å². The molecule has 0 aromatic carbocycles. The molecular formula is C11H13N3O6. The zero-order chi connectivity index (χ0) is 14.8. The number of ether oxygens (including phenoxy) is 1. The molecule has 1 unspecified atom stereocenters. The zero-order valence-corrected chi connectivity index (χ0v) is 10.4. The molecule has 1 atom stereocenters. The van der Waals surface area contributed by atoms with E-state index in [1.54, 1.807) is 0 Å². The summed E-state index contributed by atoms with van der Waals surface area (Å²) < 4.78 is 5.98. The Morgan fingerprint density at radius 3 is 2.80 bits per heavy atom. The van der Waals surface area contributed by atoms with E-state index in [1.165, 1.54) is 6.20 Å². The SMILES string of the molecule is O=C(Cn1ccc(=O)[nH]c1=O)NC1(C(=O)O)CCOC1. The van der Waals surface area contributed by atoms with Crippen molar-refractivity contribution in [2.75, 3.05) is 13.2 Å². The van der Waals surface area contributed by atoms with Crippen molar-refractivity contribution in [3.05, 3.63) is 33.1 Å². The van der Waals surface area contributed by atoms with Crippen molar-refractivity contribution in [2.24, 2.45) is 0 Å². The Bertz CT molecular complexity index is 640. The second-order valence-corrected chi connectivity index (χ2v) is 4.48. The molecule has 1 fully saturated rings. The second-order valence-electron chi connectivity index (χ2n) is 4.48. The number of rotatable bonds is 4. The van der Waals surface area contributed by atoms with Crippen LogP contribution in [-0.2, 0) is 20.9 Å². The Morgan fingerprint density at radius 1 is 1.50 bits per heavy atom. The van der Waals surface area contributed by atoms with Crippen LogP contribution < -0.4 is 16.6 Å². The number of hydrogen-bond acceptors (Lipinski definition) is 5. The lowest BCUT2D eigenvalue weighted by atomic mass is 9.99. The van der Waals surface area contributed by atoms with Gasteiger partial charge in [-0.25, -0.2) is 9.59 Å². The average Bonchev–Trinajstić information content (AvgIpc) is 2.82. The summed E-state index contributed by atoms with van der Waals surface area (Å²) in [6, 6.07) is 1.10. The maximum absolute atomic E-state index is 11.8. The number of H-pyrrole nitrogens is 1. The van der Waals surface area contributed by atoms with Crippen LogP contribution in [0.3, 0.4) is 0 Å². The fourth-order valence-corrected chi connectivity index (χ4v) is 1.92. The highest BCUT2D eigenvalue weighted by atomic mass is 16.5. The maximum atomic E-state index is 11.8. The van der Waals surface area contributed by atoms with Gasteiger partial charge in [0, 0.05) is 25.3 Å². The van der Waals surface area contributed by atoms with Gasteiger partial charge in [-0.15, -0.1) is 0 Å². The van der Waals surface area contributed by atoms with Crippen molar-refractivity contribution in [3.8, 4) is 0 Å². The molecule has 0 spiro atoms. The number of hydrogen-bond donors (Lipinski definition) is 3. The number of aliphatic carboxylic acids is 1. The molecular weight excluding hydrogens is 270 g/mol. The molecule has 0 aliphatic carbocycles. The van der Waals surface area contributed by atoms with Gasteiger partial charge in [0.15, 0.2) is 5.54 Å². The number of nitrogens with one attached hydrogen (secondary N) is 2. The van der Waals surface area contributed by atoms with Crippen molar-refractivity contribution in [3.63, 3.8) is 0 Å². The fourth-order valence-electron chi connectivity index (χ4n) is 1.92. The standard InChI is InChI=1S/C11H13N3O6/c15-7-1-3-14(10(19)12-7)5-8(16)13-11(9(17)18)2-4-20-6-11/h1,3H,2,4-6H2,(H,13,16)(H,17,18)(H,12,15,19). The number of nitrogens with zero attached hydrogens (tertiary/aromatic N) is 1. The van der Waals surface area contributed by atoms with E-state index in [9.17, 15) is 19.2 Å². The molecule has 1 aromatic heterocycles. The summed E-state index contributed by atoms with van der Waals surface area (Å²) in [5.74, 6) is -1.83. The Labute approximate surface area is 112 Å². The minimum Gasteiger partial charge on any atom is -0.479 e. The first-order valence-corrected chi connectivity index (χ1v) is 5.85. The molecule has 20 heavy (non-hydrogen) atoms. The minimum absolute atomic E-state index is 0.116. The van der Waals surface area contributed by atoms with Crippen LogP contribution in [0.1, 0.15) is 6.42 Å². The van der Waals surface area contributed by atoms with Gasteiger partial charge in [-0.05, 0) is 0 Å². The van der Waals surface area contributed by atoms with Crippen LogP contribution in [0, 0.1) is 0 Å². The van der Waals surface area contributed by atoms with Crippen LogP contribution in [0.4, 0.5) is 0 Å². The number of carbonyl (C=O) groups is 2. The quantitative estimate of drug-likeness (QED) is 0.580. The predicted octanol–water partition coefficient (Wildman–Crippen LogP) is -2.10. The molecule has 0 saturated carbocycles. The molecule has 1 aliphatic rings. The molecule has 2 heterocycles. The molecule has 1 saturated heterocycles. The summed E-state index contributed by atoms with van der Waals surface area (Å²) in [5.41, 5.74) is -2.76. The van der Waals surface area contributed by atoms with Crippen LogP contribution >= 0.6 is 0 Å². The van der Waals surface area contributed by atoms with Crippen LogP contribution in [0.15, 0.2) is 21.9 Å². The van der Waals surface area contributed by atoms with E-state index in [4.69, 9.17) is 9.84 Å². The molecule has 9 nitrogen and oxygen atoms in total. The smallest absolute Gasteiger partial charge is 0.331 e. The van der Waals surface area contributed by atoms with E-state index in [2.05, 4.69) is 5.32 Å². The maximum Gasteiger partial charge on any atom is 0.331 e. The van der Waals surface area contributed by atoms with Gasteiger partial charge in [-0.1, -0.05) is 0 Å². The second kappa shape index (κ2) is 5.29. The third kappa shape index (κ3) is 2.77. The summed E-state index contributed by atoms with van der Waals surface area (Å²) in [6.45, 7) is -0.260. The lowest BCUT2D eigenvalue weighted by molar-refractivity contribution is -0.147. The molecule has 1 aromatic rings. The van der Waals surface area contributed by atoms with Gasteiger partial charge in [0.1, 0.15) is 6.54 Å². The van der Waals surface area contributed by atoms with E-state index in [-0.39, 0.29) is 26.2 Å². The lowest BCUT2D eigenvalue weighted by Crippen LogP contribution is -2.56. The van der Waals surface area contributed by atoms with Gasteiger partial charge in [0.05, 0.1) is 6.61 Å². The first-order chi connectivity index (χ1) is 9.43. The van der Waals surface area contributed by atoms with Crippen LogP contribution in [0.5, 0.6) is 0 Å². The van der Waals surface area contributed by atoms with Crippen LogP contribution in [0.25, 0.3) is 0 Å². The Morgan fingerprint density at radius 2 is 2.25 bits per heavy atom. The summed E-state index contributed by atoms with van der Waals surface area (Å²) >= 11 is 0. The number of carboxylic acid groups (broad SMARTS) is 1. The first kappa shape index (κ1) is 14.0. The largest absolute Gasteiger partial charge is 0.479 e. The summed E-state index contributed by atoms with van der Waals surface area (Å²) in [5, 5.41) is 11.5. The zero-order valence-electron chi connectivity index (χ0n) is 10.4. The summed E-state index contributed by atoms with van der Waals surface area (Å²) in [7, 11) is 0. The number of carboxylic acids is 1. The van der Waals surface area contributed by atoms with Gasteiger partial charge in [-0.3, -0.25) is 19.1 Å². The highest BCUT2D eigenvalue weighted by molar-refractivity contribution is 5.87. The van der Waals surface area contributed by atoms with E-state index in [0.29, 0.717) is 0 Å². The van der Waals surface area contributed by atoms with Crippen molar-refractivity contribution in [2.45, 2.75) is 18.5 Å². The number of aromatic nitrogens is 2. The Hall–Kier alpha value is -2.42. The van der Waals surface area contributed by atoms with Gasteiger partial charge < -0.3 is 15.2 Å². The molecule has 1 amide bonds. The highest BCUT2D eigenvalue weighted by Gasteiger charge is 2.43. The predicted molar refractivity (Wildman–Crippen MR) is 65.3 cm³/mol. The Balaban J connectivity index is 2.10. The monoisotopic (exact) mass is 283 g/mol. The van der Waals surface area contributed by atoms with E-state index >= 15 is 0 Å². The van der Waals surface area contributed by atoms with Gasteiger partial charge >= 0.3 is 11.7 Å². The topological polar surface area (TPSA) is 130 Å². The average molecular weight is 283 g/mol. The van der Waals surface area contributed by atoms with E-state index in [0.717, 1.165) is 10.6 Å².